The van der Waals surface area contributed by atoms with Gasteiger partial charge in [-0.3, -0.25) is 63.7 Å². The summed E-state index contributed by atoms with van der Waals surface area (Å²) < 4.78 is 102. The number of ether oxygens (including phenoxy) is 4. The van der Waals surface area contributed by atoms with Crippen molar-refractivity contribution in [3.05, 3.63) is 112 Å². The Labute approximate surface area is 503 Å². The molecule has 88 heavy (non-hydrogen) atoms. The molecule has 0 bridgehead atoms. The Kier molecular flexibility index (Phi) is 27.5. The number of esters is 4. The minimum absolute atomic E-state index is 0.00562. The van der Waals surface area contributed by atoms with E-state index in [1.54, 1.807) is 0 Å². The second-order valence-corrected chi connectivity index (χ2v) is 21.7. The Morgan fingerprint density at radius 2 is 0.739 bits per heavy atom. The fraction of sp³-hybridized carbons (Fsp3) is 0.500. The third kappa shape index (κ3) is 21.1. The van der Waals surface area contributed by atoms with E-state index in [2.05, 4.69) is 16.0 Å². The van der Waals surface area contributed by atoms with Crippen LogP contribution in [-0.4, -0.2) is 181 Å². The summed E-state index contributed by atoms with van der Waals surface area (Å²) in [7, 11) is 4.90. The second kappa shape index (κ2) is 33.6. The molecule has 6 rings (SSSR count). The Balaban J connectivity index is 0.000000283. The predicted octanol–water partition coefficient (Wildman–Crippen LogP) is 5.31. The number of anilines is 2. The van der Waals surface area contributed by atoms with Gasteiger partial charge in [-0.15, -0.1) is 0 Å². The number of halogens is 6. The number of carbonyl (C=O) groups is 8. The van der Waals surface area contributed by atoms with Crippen molar-refractivity contribution in [2.75, 3.05) is 77.5 Å². The summed E-state index contributed by atoms with van der Waals surface area (Å²) in [4.78, 5) is 115. The highest BCUT2D eigenvalue weighted by atomic mass is 19.2. The van der Waals surface area contributed by atoms with Crippen LogP contribution in [0, 0.1) is 52.7 Å². The quantitative estimate of drug-likeness (QED) is 0.0287. The lowest BCUT2D eigenvalue weighted by Crippen LogP contribution is -2.53. The molecule has 4 amide bonds. The maximum absolute atomic E-state index is 13.5. The number of aliphatic carboxylic acids is 2. The highest BCUT2D eigenvalue weighted by Crippen LogP contribution is 2.25. The van der Waals surface area contributed by atoms with Crippen molar-refractivity contribution >= 4 is 59.3 Å². The molecule has 3 aromatic carbocycles. The van der Waals surface area contributed by atoms with E-state index in [1.165, 1.54) is 60.1 Å². The second-order valence-electron chi connectivity index (χ2n) is 21.7. The number of methoxy groups -OCH3 is 4. The van der Waals surface area contributed by atoms with Crippen LogP contribution in [0.3, 0.4) is 0 Å². The van der Waals surface area contributed by atoms with Crippen molar-refractivity contribution in [1.82, 2.24) is 34.9 Å². The smallest absolute Gasteiger partial charge is 0.332 e. The number of amides is 4. The van der Waals surface area contributed by atoms with Crippen molar-refractivity contribution < 1.29 is 93.9 Å². The zero-order chi connectivity index (χ0) is 65.9. The van der Waals surface area contributed by atoms with E-state index in [9.17, 15) is 79.7 Å². The first-order valence-electron chi connectivity index (χ1n) is 27.7. The SMILES string of the molecule is CC(C)C[C@H](N[C@@H](CN1CCN(c2cc(F)cc(F)c2)C1=O)C(=O)O)C(=O)O.COC(=O)[C@H](CC(C)C)N[C@@H](CN1CCN(c2cc(F)cc(F)c2)C1=O)C(=O)OC.COC(=O)[C@H](CC(C)C)N[C@@H](Cn1ccn(-c2cc(F)cc(F)c2)c1=O)C(=O)OC. The first-order valence-corrected chi connectivity index (χ1v) is 27.7. The molecule has 30 heteroatoms. The summed E-state index contributed by atoms with van der Waals surface area (Å²) in [5, 5.41) is 27.1. The number of aromatic nitrogens is 2. The van der Waals surface area contributed by atoms with Crippen molar-refractivity contribution in [3.8, 4) is 5.69 Å². The zero-order valence-electron chi connectivity index (χ0n) is 50.3. The average Bonchev–Trinajstić information content (AvgIpc) is 2.74. The number of hydrogen-bond donors (Lipinski definition) is 5. The van der Waals surface area contributed by atoms with Gasteiger partial charge in [-0.2, -0.15) is 0 Å². The monoisotopic (exact) mass is 1250 g/mol. The van der Waals surface area contributed by atoms with E-state index >= 15 is 0 Å². The lowest BCUT2D eigenvalue weighted by molar-refractivity contribution is -0.148. The van der Waals surface area contributed by atoms with E-state index in [0.29, 0.717) is 25.0 Å². The van der Waals surface area contributed by atoms with E-state index in [-0.39, 0.29) is 87.0 Å². The molecule has 1 aromatic heterocycles. The van der Waals surface area contributed by atoms with Crippen molar-refractivity contribution in [3.63, 3.8) is 0 Å². The molecule has 24 nitrogen and oxygen atoms in total. The maximum Gasteiger partial charge on any atom is 0.332 e. The van der Waals surface area contributed by atoms with Gasteiger partial charge in [0.05, 0.1) is 52.0 Å². The Morgan fingerprint density at radius 1 is 0.432 bits per heavy atom. The highest BCUT2D eigenvalue weighted by molar-refractivity contribution is 5.95. The van der Waals surface area contributed by atoms with Crippen molar-refractivity contribution in [1.29, 1.82) is 0 Å². The molecule has 6 atom stereocenters. The lowest BCUT2D eigenvalue weighted by Gasteiger charge is -2.27. The number of carboxylic acid groups (broad SMARTS) is 2. The number of imidazole rings is 1. The number of carbonyl (C=O) groups excluding carboxylic acids is 6. The number of rotatable bonds is 27. The molecule has 2 saturated heterocycles. The molecule has 2 aliphatic heterocycles. The molecule has 0 unspecified atom stereocenters. The number of hydrogen-bond acceptors (Lipinski definition) is 16. The molecular weight excluding hydrogens is 1180 g/mol. The van der Waals surface area contributed by atoms with Gasteiger partial charge in [-0.1, -0.05) is 41.5 Å². The summed E-state index contributed by atoms with van der Waals surface area (Å²) in [6.45, 7) is 11.5. The third-order valence-corrected chi connectivity index (χ3v) is 13.5. The standard InChI is InChI=1S/C20H27F2N3O5.C20H25F2N3O5.C18H23F2N3O5/c2*1-12(2)7-16(18(26)29-3)23-17(19(27)30-4)11-24-5-6-25(20(24)28)15-9-13(21)8-14(22)10-15;1-10(2)5-14(16(24)25)21-15(17(26)27)9-22-3-4-23(18(22)28)13-7-11(19)6-12(20)8-13/h8-10,12,16-17,23H,5-7,11H2,1-4H3;5-6,8-10,12,16-17,23H,7,11H2,1-4H3;6-8,10,14-15,21H,3-5,9H2,1-2H3,(H,24,25)(H,26,27)/t2*16-,17-;14-,15-/m000/s1. The fourth-order valence-electron chi connectivity index (χ4n) is 9.45. The van der Waals surface area contributed by atoms with Crippen LogP contribution in [0.15, 0.2) is 71.8 Å². The summed E-state index contributed by atoms with van der Waals surface area (Å²) >= 11 is 0. The molecule has 2 aliphatic rings. The Hall–Kier alpha value is -8.51. The van der Waals surface area contributed by atoms with Crippen LogP contribution < -0.4 is 31.4 Å². The minimum atomic E-state index is -1.30. The topological polar surface area (TPSA) is 290 Å². The van der Waals surface area contributed by atoms with Gasteiger partial charge >= 0.3 is 53.6 Å². The van der Waals surface area contributed by atoms with E-state index in [0.717, 1.165) is 51.9 Å². The highest BCUT2D eigenvalue weighted by Gasteiger charge is 2.38. The van der Waals surface area contributed by atoms with Crippen LogP contribution in [-0.2, 0) is 54.3 Å². The molecule has 2 fully saturated rings. The molecule has 0 aliphatic carbocycles. The summed E-state index contributed by atoms with van der Waals surface area (Å²) in [6, 6.07) is 1.26. The lowest BCUT2D eigenvalue weighted by atomic mass is 10.0. The molecule has 484 valence electrons. The first-order chi connectivity index (χ1) is 41.4. The number of carboxylic acids is 2. The van der Waals surface area contributed by atoms with Gasteiger partial charge in [0.25, 0.3) is 0 Å². The number of nitrogens with one attached hydrogen (secondary N) is 3. The van der Waals surface area contributed by atoms with E-state index in [1.807, 2.05) is 41.5 Å². The molecule has 3 heterocycles. The first kappa shape index (κ1) is 72.0. The fourth-order valence-corrected chi connectivity index (χ4v) is 9.45. The maximum atomic E-state index is 13.5. The summed E-state index contributed by atoms with van der Waals surface area (Å²) in [6.07, 6.45) is 3.75. The zero-order valence-corrected chi connectivity index (χ0v) is 50.3. The van der Waals surface area contributed by atoms with Crippen LogP contribution in [0.2, 0.25) is 0 Å². The van der Waals surface area contributed by atoms with Crippen molar-refractivity contribution in [2.45, 2.75) is 104 Å². The van der Waals surface area contributed by atoms with Crippen LogP contribution >= 0.6 is 0 Å². The number of nitrogens with zero attached hydrogens (tertiary/aromatic N) is 6. The van der Waals surface area contributed by atoms with Crippen LogP contribution in [0.4, 0.5) is 47.3 Å². The van der Waals surface area contributed by atoms with Gasteiger partial charge in [0, 0.05) is 69.9 Å². The molecule has 5 N–H and O–H groups in total. The average molecular weight is 1250 g/mol. The van der Waals surface area contributed by atoms with Gasteiger partial charge in [0.1, 0.15) is 71.2 Å². The minimum Gasteiger partial charge on any atom is -0.480 e. The molecular formula is C58H75F6N9O15. The summed E-state index contributed by atoms with van der Waals surface area (Å²) in [5.41, 5.74) is -0.483. The third-order valence-electron chi connectivity index (χ3n) is 13.5. The normalized spacial score (nSPS) is 15.2. The van der Waals surface area contributed by atoms with Gasteiger partial charge in [-0.05, 0) is 73.4 Å². The van der Waals surface area contributed by atoms with E-state index in [4.69, 9.17) is 18.9 Å². The van der Waals surface area contributed by atoms with Gasteiger partial charge < -0.3 is 39.0 Å². The Morgan fingerprint density at radius 3 is 1.08 bits per heavy atom. The van der Waals surface area contributed by atoms with E-state index < -0.39 is 125 Å². The molecule has 0 spiro atoms. The van der Waals surface area contributed by atoms with Gasteiger partial charge in [0.2, 0.25) is 0 Å². The van der Waals surface area contributed by atoms with Gasteiger partial charge in [0.15, 0.2) is 0 Å². The number of urea groups is 2. The van der Waals surface area contributed by atoms with Crippen molar-refractivity contribution in [2.24, 2.45) is 17.8 Å². The summed E-state index contributed by atoms with van der Waals surface area (Å²) in [5.74, 6) is -9.45. The largest absolute Gasteiger partial charge is 0.480 e. The van der Waals surface area contributed by atoms with Crippen LogP contribution in [0.1, 0.15) is 60.8 Å². The molecule has 0 radical (unpaired) electrons. The molecule has 4 aromatic rings. The Bertz CT molecular complexity index is 3090. The number of benzene rings is 3. The van der Waals surface area contributed by atoms with Crippen LogP contribution in [0.25, 0.3) is 5.69 Å². The van der Waals surface area contributed by atoms with Gasteiger partial charge in [-0.25, -0.2) is 40.7 Å². The predicted molar refractivity (Wildman–Crippen MR) is 305 cm³/mol. The molecule has 0 saturated carbocycles. The van der Waals surface area contributed by atoms with Crippen LogP contribution in [0.5, 0.6) is 0 Å².